The summed E-state index contributed by atoms with van der Waals surface area (Å²) in [5.41, 5.74) is 2.69. The molecule has 5 amide bonds. The Bertz CT molecular complexity index is 1270. The van der Waals surface area contributed by atoms with Crippen molar-refractivity contribution < 1.29 is 24.0 Å². The first kappa shape index (κ1) is 28.0. The highest BCUT2D eigenvalue weighted by Gasteiger charge is 2.39. The summed E-state index contributed by atoms with van der Waals surface area (Å²) in [6, 6.07) is 13.6. The van der Waals surface area contributed by atoms with Crippen LogP contribution in [0.4, 0.5) is 0 Å². The predicted molar refractivity (Wildman–Crippen MR) is 144 cm³/mol. The lowest BCUT2D eigenvalue weighted by Gasteiger charge is -2.29. The number of nitrogens with one attached hydrogen (secondary N) is 4. The molecule has 0 saturated carbocycles. The quantitative estimate of drug-likeness (QED) is 0.358. The molecular weight excluding hydrogens is 498 g/mol. The van der Waals surface area contributed by atoms with Gasteiger partial charge < -0.3 is 15.5 Å². The molecule has 10 nitrogen and oxygen atoms in total. The predicted octanol–water partition coefficient (Wildman–Crippen LogP) is 1.18. The molecule has 0 spiro atoms. The van der Waals surface area contributed by atoms with Crippen LogP contribution in [0.2, 0.25) is 0 Å². The monoisotopic (exact) mass is 533 g/mol. The topological polar surface area (TPSA) is 137 Å². The van der Waals surface area contributed by atoms with Gasteiger partial charge in [0.1, 0.15) is 6.04 Å². The molecule has 2 heterocycles. The third kappa shape index (κ3) is 7.29. The fourth-order valence-corrected chi connectivity index (χ4v) is 4.84. The number of carbonyl (C=O) groups excluding carboxylic acids is 5. The highest BCUT2D eigenvalue weighted by Crippen LogP contribution is 2.28. The van der Waals surface area contributed by atoms with Gasteiger partial charge in [0.05, 0.1) is 12.6 Å². The first-order valence-electron chi connectivity index (χ1n) is 13.1. The lowest BCUT2D eigenvalue weighted by Crippen LogP contribution is -2.52. The number of rotatable bonds is 9. The summed E-state index contributed by atoms with van der Waals surface area (Å²) in [6.07, 6.45) is 0.913. The smallest absolute Gasteiger partial charge is 0.255 e. The Morgan fingerprint density at radius 2 is 1.79 bits per heavy atom. The molecule has 206 valence electrons. The van der Waals surface area contributed by atoms with Gasteiger partial charge in [0.25, 0.3) is 5.91 Å². The SMILES string of the molecule is CC(C)(C)NC(=O)CNC(Cc1ccccc1)C(=O)NCc1ccc2c(c1)CN(C1CCC(=O)NC1=O)C2=O. The van der Waals surface area contributed by atoms with Crippen LogP contribution >= 0.6 is 0 Å². The minimum Gasteiger partial charge on any atom is -0.351 e. The number of nitrogens with zero attached hydrogens (tertiary/aromatic N) is 1. The van der Waals surface area contributed by atoms with Gasteiger partial charge in [0, 0.05) is 30.6 Å². The van der Waals surface area contributed by atoms with Crippen molar-refractivity contribution in [1.82, 2.24) is 26.2 Å². The van der Waals surface area contributed by atoms with Gasteiger partial charge in [0.15, 0.2) is 0 Å². The molecule has 1 fully saturated rings. The molecule has 10 heteroatoms. The first-order chi connectivity index (χ1) is 18.5. The van der Waals surface area contributed by atoms with Crippen molar-refractivity contribution >= 4 is 29.5 Å². The molecule has 4 rings (SSSR count). The van der Waals surface area contributed by atoms with E-state index in [1.165, 1.54) is 4.90 Å². The Kier molecular flexibility index (Phi) is 8.44. The molecule has 4 N–H and O–H groups in total. The van der Waals surface area contributed by atoms with E-state index in [-0.39, 0.29) is 55.2 Å². The van der Waals surface area contributed by atoms with E-state index in [4.69, 9.17) is 0 Å². The van der Waals surface area contributed by atoms with E-state index < -0.39 is 18.0 Å². The van der Waals surface area contributed by atoms with Gasteiger partial charge in [-0.1, -0.05) is 42.5 Å². The van der Waals surface area contributed by atoms with Crippen LogP contribution in [0.5, 0.6) is 0 Å². The average Bonchev–Trinajstić information content (AvgIpc) is 3.20. The van der Waals surface area contributed by atoms with E-state index in [0.717, 1.165) is 16.7 Å². The largest absolute Gasteiger partial charge is 0.351 e. The zero-order valence-corrected chi connectivity index (χ0v) is 22.5. The molecule has 2 aromatic carbocycles. The lowest BCUT2D eigenvalue weighted by atomic mass is 10.0. The summed E-state index contributed by atoms with van der Waals surface area (Å²) in [5, 5.41) is 11.2. The van der Waals surface area contributed by atoms with Crippen LogP contribution in [0.25, 0.3) is 0 Å². The summed E-state index contributed by atoms with van der Waals surface area (Å²) in [4.78, 5) is 63.7. The molecular formula is C29H35N5O5. The van der Waals surface area contributed by atoms with E-state index in [9.17, 15) is 24.0 Å². The van der Waals surface area contributed by atoms with Gasteiger partial charge in [-0.2, -0.15) is 0 Å². The molecule has 0 bridgehead atoms. The second-order valence-electron chi connectivity index (χ2n) is 11.0. The Balaban J connectivity index is 1.39. The van der Waals surface area contributed by atoms with Crippen LogP contribution in [-0.2, 0) is 38.7 Å². The first-order valence-corrected chi connectivity index (χ1v) is 13.1. The molecule has 0 aliphatic carbocycles. The Morgan fingerprint density at radius 3 is 2.49 bits per heavy atom. The zero-order chi connectivity index (χ0) is 28.2. The number of benzene rings is 2. The number of hydrogen-bond donors (Lipinski definition) is 4. The minimum atomic E-state index is -0.675. The molecule has 1 saturated heterocycles. The third-order valence-corrected chi connectivity index (χ3v) is 6.68. The summed E-state index contributed by atoms with van der Waals surface area (Å²) in [7, 11) is 0. The van der Waals surface area contributed by atoms with Crippen molar-refractivity contribution in [2.75, 3.05) is 6.54 Å². The number of amides is 5. The molecule has 2 atom stereocenters. The van der Waals surface area contributed by atoms with E-state index >= 15 is 0 Å². The number of hydrogen-bond acceptors (Lipinski definition) is 6. The molecule has 2 aromatic rings. The van der Waals surface area contributed by atoms with Crippen molar-refractivity contribution in [3.05, 3.63) is 70.8 Å². The summed E-state index contributed by atoms with van der Waals surface area (Å²) in [6.45, 7) is 6.19. The van der Waals surface area contributed by atoms with Crippen LogP contribution in [0.3, 0.4) is 0 Å². The van der Waals surface area contributed by atoms with E-state index in [0.29, 0.717) is 18.4 Å². The Hall–Kier alpha value is -4.05. The second kappa shape index (κ2) is 11.8. The van der Waals surface area contributed by atoms with Gasteiger partial charge in [-0.25, -0.2) is 0 Å². The van der Waals surface area contributed by atoms with E-state index in [1.54, 1.807) is 12.1 Å². The normalized spacial score (nSPS) is 17.9. The third-order valence-electron chi connectivity index (χ3n) is 6.68. The maximum Gasteiger partial charge on any atom is 0.255 e. The molecule has 2 unspecified atom stereocenters. The number of carbonyl (C=O) groups is 5. The molecule has 0 radical (unpaired) electrons. The van der Waals surface area contributed by atoms with Gasteiger partial charge >= 0.3 is 0 Å². The van der Waals surface area contributed by atoms with Gasteiger partial charge in [-0.05, 0) is 56.4 Å². The van der Waals surface area contributed by atoms with E-state index in [2.05, 4.69) is 21.3 Å². The zero-order valence-electron chi connectivity index (χ0n) is 22.5. The minimum absolute atomic E-state index is 0.000672. The number of piperidine rings is 1. The molecule has 39 heavy (non-hydrogen) atoms. The number of imide groups is 1. The van der Waals surface area contributed by atoms with Crippen molar-refractivity contribution in [1.29, 1.82) is 0 Å². The highest BCUT2D eigenvalue weighted by molar-refractivity contribution is 6.05. The van der Waals surface area contributed by atoms with Gasteiger partial charge in [0.2, 0.25) is 23.6 Å². The van der Waals surface area contributed by atoms with Crippen molar-refractivity contribution in [3.8, 4) is 0 Å². The van der Waals surface area contributed by atoms with Crippen LogP contribution < -0.4 is 21.3 Å². The van der Waals surface area contributed by atoms with Gasteiger partial charge in [-0.3, -0.25) is 34.6 Å². The standard InChI is InChI=1S/C29H35N5O5/c1-29(2,3)33-25(36)16-30-22(14-18-7-5-4-6-8-18)26(37)31-15-19-9-10-21-20(13-19)17-34(28(21)39)23-11-12-24(35)32-27(23)38/h4-10,13,22-23,30H,11-12,14-17H2,1-3H3,(H,31,37)(H,33,36)(H,32,35,38). The maximum atomic E-state index is 13.2. The fourth-order valence-electron chi connectivity index (χ4n) is 4.84. The Labute approximate surface area is 227 Å². The van der Waals surface area contributed by atoms with E-state index in [1.807, 2.05) is 57.2 Å². The van der Waals surface area contributed by atoms with Crippen molar-refractivity contribution in [2.24, 2.45) is 0 Å². The molecule has 0 aromatic heterocycles. The molecule has 2 aliphatic heterocycles. The summed E-state index contributed by atoms with van der Waals surface area (Å²) < 4.78 is 0. The fraction of sp³-hybridized carbons (Fsp3) is 0.414. The highest BCUT2D eigenvalue weighted by atomic mass is 16.2. The lowest BCUT2D eigenvalue weighted by molar-refractivity contribution is -0.137. The van der Waals surface area contributed by atoms with Crippen LogP contribution in [-0.4, -0.2) is 58.6 Å². The second-order valence-corrected chi connectivity index (χ2v) is 11.0. The Morgan fingerprint density at radius 1 is 1.05 bits per heavy atom. The molecule has 2 aliphatic rings. The van der Waals surface area contributed by atoms with Crippen LogP contribution in [0, 0.1) is 0 Å². The van der Waals surface area contributed by atoms with Crippen molar-refractivity contribution in [2.45, 2.75) is 70.7 Å². The van der Waals surface area contributed by atoms with Crippen LogP contribution in [0.15, 0.2) is 48.5 Å². The summed E-state index contributed by atoms with van der Waals surface area (Å²) >= 11 is 0. The summed E-state index contributed by atoms with van der Waals surface area (Å²) in [5.74, 6) is -1.46. The maximum absolute atomic E-state index is 13.2. The average molecular weight is 534 g/mol. The van der Waals surface area contributed by atoms with Crippen LogP contribution in [0.1, 0.15) is 60.7 Å². The van der Waals surface area contributed by atoms with Gasteiger partial charge in [-0.15, -0.1) is 0 Å². The number of fused-ring (bicyclic) bond motifs is 1. The van der Waals surface area contributed by atoms with Crippen molar-refractivity contribution in [3.63, 3.8) is 0 Å².